The molecule has 2 aromatic heterocycles. The lowest BCUT2D eigenvalue weighted by Crippen LogP contribution is -2.35. The van der Waals surface area contributed by atoms with Gasteiger partial charge in [0.1, 0.15) is 22.8 Å². The van der Waals surface area contributed by atoms with Crippen molar-refractivity contribution in [2.75, 3.05) is 19.0 Å². The van der Waals surface area contributed by atoms with E-state index in [0.717, 1.165) is 16.8 Å². The molecule has 4 N–H and O–H groups in total. The van der Waals surface area contributed by atoms with Crippen LogP contribution in [0.5, 0.6) is 23.3 Å². The van der Waals surface area contributed by atoms with E-state index in [2.05, 4.69) is 30.5 Å². The van der Waals surface area contributed by atoms with Crippen molar-refractivity contribution in [2.24, 2.45) is 0 Å². The van der Waals surface area contributed by atoms with Crippen molar-refractivity contribution in [1.82, 2.24) is 24.5 Å². The molecule has 0 aliphatic heterocycles. The standard InChI is InChI=1S/C15H14Cl2N2O3.C14H10F4N4O7S.C8H6Cl2O3/c1-5-6-21-12-8-11(9(16)7-10(12)17)19-14(20)22-13(18-19)15(2,3)4;15-11(16)28-8-5-9(29-12(17)18)20-13(19-8)21-14(25)22-30(26,27)7-4-2-1-3-6(7)10(23)24;1-13-7-5(10)3-2-4(9)6(7)8(11)12/h1,7-8H,6H2,2-4H3;1-5,11-12H,(H,23,24)(H2,19,20,21,22,25);2-3H,1H3,(H,11,12). The third kappa shape index (κ3) is 15.0. The Morgan fingerprint density at radius 2 is 1.48 bits per heavy atom. The number of aromatic carboxylic acids is 2. The zero-order valence-electron chi connectivity index (χ0n) is 33.2. The number of nitrogens with zero attached hydrogens (tertiary/aromatic N) is 4. The molecule has 0 saturated heterocycles. The number of aromatic nitrogens is 4. The Bertz CT molecular complexity index is 2740. The number of urea groups is 1. The molecule has 348 valence electrons. The minimum absolute atomic E-state index is 0.0434. The first-order valence-electron chi connectivity index (χ1n) is 17.2. The van der Waals surface area contributed by atoms with Crippen LogP contribution in [0.3, 0.4) is 0 Å². The highest BCUT2D eigenvalue weighted by Gasteiger charge is 2.26. The van der Waals surface area contributed by atoms with E-state index in [1.54, 1.807) is 5.32 Å². The molecule has 0 spiro atoms. The summed E-state index contributed by atoms with van der Waals surface area (Å²) in [4.78, 5) is 51.6. The molecule has 2 heterocycles. The van der Waals surface area contributed by atoms with Crippen molar-refractivity contribution >= 4 is 80.3 Å². The Balaban J connectivity index is 0.000000280. The Hall–Kier alpha value is -6.52. The smallest absolute Gasteiger partial charge is 0.442 e. The van der Waals surface area contributed by atoms with Crippen LogP contribution in [-0.2, 0) is 15.4 Å². The lowest BCUT2D eigenvalue weighted by molar-refractivity contribution is -0.0579. The number of methoxy groups -OCH3 is 1. The number of ether oxygens (including phenoxy) is 4. The first kappa shape index (κ1) is 52.8. The van der Waals surface area contributed by atoms with Crippen molar-refractivity contribution in [2.45, 2.75) is 44.3 Å². The molecular formula is C37H30Cl4F4N6O13S. The van der Waals surface area contributed by atoms with Gasteiger partial charge in [-0.15, -0.1) is 11.5 Å². The van der Waals surface area contributed by atoms with E-state index in [1.165, 1.54) is 48.2 Å². The highest BCUT2D eigenvalue weighted by molar-refractivity contribution is 7.90. The molecule has 0 aliphatic rings. The van der Waals surface area contributed by atoms with Crippen LogP contribution in [0.4, 0.5) is 28.3 Å². The maximum atomic E-state index is 12.3. The summed E-state index contributed by atoms with van der Waals surface area (Å²) in [5, 5.41) is 24.6. The zero-order chi connectivity index (χ0) is 49.0. The number of hydrogen-bond donors (Lipinski definition) is 4. The molecule has 5 rings (SSSR count). The lowest BCUT2D eigenvalue weighted by Gasteiger charge is -2.11. The molecule has 19 nitrogen and oxygen atoms in total. The third-order valence-electron chi connectivity index (χ3n) is 7.16. The maximum absolute atomic E-state index is 12.3. The van der Waals surface area contributed by atoms with Gasteiger partial charge in [0.15, 0.2) is 5.75 Å². The van der Waals surface area contributed by atoms with Gasteiger partial charge in [-0.25, -0.2) is 32.3 Å². The minimum atomic E-state index is -4.71. The largest absolute Gasteiger partial charge is 0.494 e. The van der Waals surface area contributed by atoms with Gasteiger partial charge in [-0.1, -0.05) is 85.2 Å². The van der Waals surface area contributed by atoms with E-state index in [-0.39, 0.29) is 38.0 Å². The average molecular weight is 1020 g/mol. The summed E-state index contributed by atoms with van der Waals surface area (Å²) in [6, 6.07) is 9.08. The number of benzene rings is 3. The summed E-state index contributed by atoms with van der Waals surface area (Å²) in [6.07, 6.45) is 5.15. The number of anilines is 1. The van der Waals surface area contributed by atoms with Gasteiger partial charge < -0.3 is 33.6 Å². The molecule has 0 aliphatic carbocycles. The number of carboxylic acids is 2. The van der Waals surface area contributed by atoms with E-state index in [4.69, 9.17) is 76.9 Å². The molecule has 65 heavy (non-hydrogen) atoms. The molecule has 5 aromatic rings. The number of amides is 2. The predicted molar refractivity (Wildman–Crippen MR) is 223 cm³/mol. The molecule has 2 amide bonds. The van der Waals surface area contributed by atoms with Gasteiger partial charge >= 0.3 is 36.9 Å². The summed E-state index contributed by atoms with van der Waals surface area (Å²) < 4.78 is 99.4. The summed E-state index contributed by atoms with van der Waals surface area (Å²) in [7, 11) is -3.38. The van der Waals surface area contributed by atoms with E-state index in [1.807, 2.05) is 20.8 Å². The Morgan fingerprint density at radius 3 is 1.97 bits per heavy atom. The van der Waals surface area contributed by atoms with Crippen molar-refractivity contribution in [3.63, 3.8) is 0 Å². The third-order valence-corrected chi connectivity index (χ3v) is 9.76. The van der Waals surface area contributed by atoms with Gasteiger partial charge in [0.05, 0.1) is 44.5 Å². The summed E-state index contributed by atoms with van der Waals surface area (Å²) in [5.41, 5.74) is -0.862. The number of sulfonamides is 1. The van der Waals surface area contributed by atoms with Crippen LogP contribution >= 0.6 is 46.4 Å². The number of nitrogens with one attached hydrogen (secondary N) is 2. The second-order valence-electron chi connectivity index (χ2n) is 12.8. The quantitative estimate of drug-likeness (QED) is 0.0642. The van der Waals surface area contributed by atoms with E-state index in [0.29, 0.717) is 23.4 Å². The molecule has 0 unspecified atom stereocenters. The van der Waals surface area contributed by atoms with Crippen molar-refractivity contribution in [3.8, 4) is 41.3 Å². The lowest BCUT2D eigenvalue weighted by atomic mass is 9.97. The highest BCUT2D eigenvalue weighted by atomic mass is 35.5. The second-order valence-corrected chi connectivity index (χ2v) is 16.1. The van der Waals surface area contributed by atoms with Crippen LogP contribution in [0, 0.1) is 12.3 Å². The number of hydrogen-bond acceptors (Lipinski definition) is 14. The topological polar surface area (TPSA) is 261 Å². The summed E-state index contributed by atoms with van der Waals surface area (Å²) >= 11 is 23.5. The van der Waals surface area contributed by atoms with E-state index in [9.17, 15) is 45.2 Å². The molecule has 0 atom stereocenters. The monoisotopic (exact) mass is 1010 g/mol. The van der Waals surface area contributed by atoms with Gasteiger partial charge in [-0.05, 0) is 30.3 Å². The summed E-state index contributed by atoms with van der Waals surface area (Å²) in [5.74, 6) is -3.23. The Labute approximate surface area is 384 Å². The first-order chi connectivity index (χ1) is 30.3. The van der Waals surface area contributed by atoms with Crippen molar-refractivity contribution in [3.05, 3.63) is 102 Å². The predicted octanol–water partition coefficient (Wildman–Crippen LogP) is 8.03. The number of carbonyl (C=O) groups is 3. The normalized spacial score (nSPS) is 11.0. The molecule has 0 bridgehead atoms. The fourth-order valence-electron chi connectivity index (χ4n) is 4.52. The second kappa shape index (κ2) is 22.9. The van der Waals surface area contributed by atoms with Crippen molar-refractivity contribution in [1.29, 1.82) is 0 Å². The highest BCUT2D eigenvalue weighted by Crippen LogP contribution is 2.34. The average Bonchev–Trinajstić information content (AvgIpc) is 3.59. The van der Waals surface area contributed by atoms with Crippen molar-refractivity contribution < 1.29 is 73.9 Å². The molecule has 3 aromatic carbocycles. The first-order valence-corrected chi connectivity index (χ1v) is 20.1. The summed E-state index contributed by atoms with van der Waals surface area (Å²) in [6.45, 7) is -1.13. The fraction of sp³-hybridized carbons (Fsp3) is 0.216. The number of alkyl halides is 4. The van der Waals surface area contributed by atoms with Gasteiger partial charge in [0, 0.05) is 11.5 Å². The fourth-order valence-corrected chi connectivity index (χ4v) is 6.61. The van der Waals surface area contributed by atoms with Gasteiger partial charge in [-0.3, -0.25) is 5.32 Å². The number of rotatable bonds is 13. The van der Waals surface area contributed by atoms with Crippen LogP contribution in [0.15, 0.2) is 68.7 Å². The van der Waals surface area contributed by atoms with Gasteiger partial charge in [-0.2, -0.15) is 32.2 Å². The van der Waals surface area contributed by atoms with Gasteiger partial charge in [0.2, 0.25) is 23.6 Å². The molecule has 0 radical (unpaired) electrons. The van der Waals surface area contributed by atoms with Crippen LogP contribution in [0.2, 0.25) is 20.1 Å². The van der Waals surface area contributed by atoms with Crippen LogP contribution in [0.25, 0.3) is 5.69 Å². The molecular weight excluding hydrogens is 986 g/mol. The number of halogens is 8. The zero-order valence-corrected chi connectivity index (χ0v) is 37.1. The molecule has 0 fully saturated rings. The van der Waals surface area contributed by atoms with Crippen LogP contribution in [0.1, 0.15) is 47.4 Å². The molecule has 0 saturated carbocycles. The van der Waals surface area contributed by atoms with Crippen LogP contribution < -0.4 is 34.7 Å². The number of terminal acetylenes is 1. The van der Waals surface area contributed by atoms with Gasteiger partial charge in [0.25, 0.3) is 10.0 Å². The Kier molecular flexibility index (Phi) is 18.6. The minimum Gasteiger partial charge on any atom is -0.494 e. The van der Waals surface area contributed by atoms with E-state index < -0.39 is 80.6 Å². The van der Waals surface area contributed by atoms with Crippen LogP contribution in [-0.4, -0.2) is 83.3 Å². The van der Waals surface area contributed by atoms with E-state index >= 15 is 0 Å². The maximum Gasteiger partial charge on any atom is 0.442 e. The molecule has 28 heteroatoms. The number of carboxylic acid groups (broad SMARTS) is 2. The Morgan fingerprint density at radius 1 is 0.892 bits per heavy atom. The SMILES string of the molecule is C#CCOc1cc(-n2nc(C(C)(C)C)oc2=O)c(Cl)cc1Cl.COc1c(Cl)ccc(Cl)c1C(=O)O.O=C(Nc1nc(OC(F)F)cc(OC(F)F)n1)NS(=O)(=O)c1ccccc1C(=O)O. The number of carbonyl (C=O) groups excluding carboxylic acids is 1.